The van der Waals surface area contributed by atoms with Gasteiger partial charge in [-0.05, 0) is 37.7 Å². The second kappa shape index (κ2) is 7.25. The zero-order chi connectivity index (χ0) is 15.4. The second-order valence-electron chi connectivity index (χ2n) is 5.47. The van der Waals surface area contributed by atoms with E-state index in [0.29, 0.717) is 11.6 Å². The van der Waals surface area contributed by atoms with Gasteiger partial charge in [0.05, 0.1) is 6.54 Å². The van der Waals surface area contributed by atoms with Crippen molar-refractivity contribution in [3.05, 3.63) is 34.9 Å². The van der Waals surface area contributed by atoms with Crippen LogP contribution in [0, 0.1) is 0 Å². The highest BCUT2D eigenvalue weighted by molar-refractivity contribution is 6.30. The minimum atomic E-state index is -0.0817. The Labute approximate surface area is 132 Å². The molecule has 1 aromatic rings. The number of carbonyl (C=O) groups is 1. The van der Waals surface area contributed by atoms with Crippen molar-refractivity contribution in [1.82, 2.24) is 15.1 Å². The first-order chi connectivity index (χ1) is 10.1. The summed E-state index contributed by atoms with van der Waals surface area (Å²) in [5, 5.41) is 3.99. The number of rotatable bonds is 6. The lowest BCUT2D eigenvalue weighted by Crippen LogP contribution is -2.44. The van der Waals surface area contributed by atoms with Gasteiger partial charge >= 0.3 is 0 Å². The summed E-state index contributed by atoms with van der Waals surface area (Å²) in [6.07, 6.45) is -0.0817. The van der Waals surface area contributed by atoms with Crippen molar-refractivity contribution < 1.29 is 4.79 Å². The van der Waals surface area contributed by atoms with Gasteiger partial charge in [-0.25, -0.2) is 0 Å². The van der Waals surface area contributed by atoms with Gasteiger partial charge < -0.3 is 9.80 Å². The summed E-state index contributed by atoms with van der Waals surface area (Å²) in [6, 6.07) is 7.88. The summed E-state index contributed by atoms with van der Waals surface area (Å²) < 4.78 is 0. The Morgan fingerprint density at radius 2 is 2.14 bits per heavy atom. The van der Waals surface area contributed by atoms with Gasteiger partial charge in [-0.15, -0.1) is 0 Å². The molecule has 1 saturated heterocycles. The van der Waals surface area contributed by atoms with E-state index in [-0.39, 0.29) is 18.1 Å². The summed E-state index contributed by atoms with van der Waals surface area (Å²) in [5.41, 5.74) is 1.04. The van der Waals surface area contributed by atoms with Crippen LogP contribution in [-0.4, -0.2) is 47.9 Å². The number of nitrogens with one attached hydrogen (secondary N) is 1. The average Bonchev–Trinajstić information content (AvgIpc) is 2.86. The third-order valence-electron chi connectivity index (χ3n) is 4.07. The molecule has 5 heteroatoms. The van der Waals surface area contributed by atoms with Crippen molar-refractivity contribution in [3.8, 4) is 0 Å². The molecule has 1 aromatic carbocycles. The molecular weight excluding hydrogens is 286 g/mol. The average molecular weight is 310 g/mol. The minimum absolute atomic E-state index is 0.0817. The molecule has 2 atom stereocenters. The molecule has 0 aromatic heterocycles. The zero-order valence-electron chi connectivity index (χ0n) is 13.0. The molecule has 1 amide bonds. The fourth-order valence-electron chi connectivity index (χ4n) is 2.92. The first-order valence-corrected chi connectivity index (χ1v) is 7.97. The van der Waals surface area contributed by atoms with Crippen LogP contribution in [0.1, 0.15) is 32.5 Å². The fourth-order valence-corrected chi connectivity index (χ4v) is 3.12. The van der Waals surface area contributed by atoms with Gasteiger partial charge in [0.1, 0.15) is 6.17 Å². The number of benzene rings is 1. The van der Waals surface area contributed by atoms with Crippen molar-refractivity contribution >= 4 is 17.5 Å². The maximum atomic E-state index is 12.3. The van der Waals surface area contributed by atoms with Crippen molar-refractivity contribution in [2.24, 2.45) is 0 Å². The maximum absolute atomic E-state index is 12.3. The number of likely N-dealkylation sites (N-methyl/N-ethyl adjacent to an activating group) is 1. The lowest BCUT2D eigenvalue weighted by atomic mass is 10.1. The SMILES string of the molecule is CCN(CC)CC(C)N1C(=O)CNC1c1cccc(Cl)c1. The van der Waals surface area contributed by atoms with E-state index in [1.54, 1.807) is 0 Å². The van der Waals surface area contributed by atoms with Crippen LogP contribution in [0.3, 0.4) is 0 Å². The molecule has 1 fully saturated rings. The van der Waals surface area contributed by atoms with Crippen molar-refractivity contribution in [2.75, 3.05) is 26.2 Å². The van der Waals surface area contributed by atoms with E-state index in [2.05, 4.69) is 31.0 Å². The molecule has 1 aliphatic heterocycles. The number of carbonyl (C=O) groups excluding carboxylic acids is 1. The molecule has 116 valence electrons. The number of hydrogen-bond donors (Lipinski definition) is 1. The predicted molar refractivity (Wildman–Crippen MR) is 86.3 cm³/mol. The van der Waals surface area contributed by atoms with Crippen LogP contribution in [0.2, 0.25) is 5.02 Å². The van der Waals surface area contributed by atoms with Crippen molar-refractivity contribution in [1.29, 1.82) is 0 Å². The van der Waals surface area contributed by atoms with E-state index >= 15 is 0 Å². The van der Waals surface area contributed by atoms with Gasteiger partial charge in [0.25, 0.3) is 0 Å². The van der Waals surface area contributed by atoms with Crippen LogP contribution in [0.4, 0.5) is 0 Å². The molecular formula is C16H24ClN3O. The molecule has 1 heterocycles. The largest absolute Gasteiger partial charge is 0.318 e. The van der Waals surface area contributed by atoms with E-state index in [0.717, 1.165) is 25.2 Å². The van der Waals surface area contributed by atoms with Crippen LogP contribution in [-0.2, 0) is 4.79 Å². The van der Waals surface area contributed by atoms with E-state index in [1.165, 1.54) is 0 Å². The van der Waals surface area contributed by atoms with Crippen LogP contribution < -0.4 is 5.32 Å². The molecule has 0 spiro atoms. The molecule has 1 aliphatic rings. The van der Waals surface area contributed by atoms with Crippen molar-refractivity contribution in [2.45, 2.75) is 33.0 Å². The smallest absolute Gasteiger partial charge is 0.238 e. The minimum Gasteiger partial charge on any atom is -0.318 e. The molecule has 2 rings (SSSR count). The fraction of sp³-hybridized carbons (Fsp3) is 0.562. The third kappa shape index (κ3) is 3.76. The first kappa shape index (κ1) is 16.3. The van der Waals surface area contributed by atoms with Gasteiger partial charge in [-0.2, -0.15) is 0 Å². The highest BCUT2D eigenvalue weighted by Gasteiger charge is 2.35. The Morgan fingerprint density at radius 1 is 1.43 bits per heavy atom. The number of hydrogen-bond acceptors (Lipinski definition) is 3. The Kier molecular flexibility index (Phi) is 5.62. The molecule has 21 heavy (non-hydrogen) atoms. The summed E-state index contributed by atoms with van der Waals surface area (Å²) >= 11 is 6.08. The summed E-state index contributed by atoms with van der Waals surface area (Å²) in [4.78, 5) is 16.5. The summed E-state index contributed by atoms with van der Waals surface area (Å²) in [7, 11) is 0. The number of amides is 1. The normalized spacial score (nSPS) is 20.3. The molecule has 0 radical (unpaired) electrons. The molecule has 1 N–H and O–H groups in total. The van der Waals surface area contributed by atoms with Gasteiger partial charge in [0.15, 0.2) is 0 Å². The standard InChI is InChI=1S/C16H24ClN3O/c1-4-19(5-2)11-12(3)20-15(21)10-18-16(20)13-7-6-8-14(17)9-13/h6-9,12,16,18H,4-5,10-11H2,1-3H3. The van der Waals surface area contributed by atoms with Crippen LogP contribution >= 0.6 is 11.6 Å². The summed E-state index contributed by atoms with van der Waals surface area (Å²) in [6.45, 7) is 9.68. The van der Waals surface area contributed by atoms with Gasteiger partial charge in [-0.1, -0.05) is 37.6 Å². The molecule has 0 bridgehead atoms. The van der Waals surface area contributed by atoms with Gasteiger partial charge in [-0.3, -0.25) is 10.1 Å². The topological polar surface area (TPSA) is 35.6 Å². The predicted octanol–water partition coefficient (Wildman–Crippen LogP) is 2.50. The number of nitrogens with zero attached hydrogens (tertiary/aromatic N) is 2. The van der Waals surface area contributed by atoms with E-state index in [1.807, 2.05) is 29.2 Å². The second-order valence-corrected chi connectivity index (χ2v) is 5.91. The molecule has 0 aliphatic carbocycles. The van der Waals surface area contributed by atoms with Crippen LogP contribution in [0.25, 0.3) is 0 Å². The molecule has 4 nitrogen and oxygen atoms in total. The molecule has 2 unspecified atom stereocenters. The number of halogens is 1. The molecule has 0 saturated carbocycles. The third-order valence-corrected chi connectivity index (χ3v) is 4.30. The lowest BCUT2D eigenvalue weighted by molar-refractivity contribution is -0.130. The van der Waals surface area contributed by atoms with Gasteiger partial charge in [0, 0.05) is 17.6 Å². The van der Waals surface area contributed by atoms with E-state index < -0.39 is 0 Å². The Balaban J connectivity index is 2.16. The van der Waals surface area contributed by atoms with Crippen molar-refractivity contribution in [3.63, 3.8) is 0 Å². The van der Waals surface area contributed by atoms with E-state index in [4.69, 9.17) is 11.6 Å². The quantitative estimate of drug-likeness (QED) is 0.877. The lowest BCUT2D eigenvalue weighted by Gasteiger charge is -2.34. The van der Waals surface area contributed by atoms with Crippen LogP contribution in [0.5, 0.6) is 0 Å². The maximum Gasteiger partial charge on any atom is 0.238 e. The first-order valence-electron chi connectivity index (χ1n) is 7.59. The van der Waals surface area contributed by atoms with Gasteiger partial charge in [0.2, 0.25) is 5.91 Å². The van der Waals surface area contributed by atoms with Crippen LogP contribution in [0.15, 0.2) is 24.3 Å². The van der Waals surface area contributed by atoms with E-state index in [9.17, 15) is 4.79 Å². The Hall–Kier alpha value is -1.10. The summed E-state index contributed by atoms with van der Waals surface area (Å²) in [5.74, 6) is 0.152. The Bertz CT molecular complexity index is 490. The zero-order valence-corrected chi connectivity index (χ0v) is 13.7. The Morgan fingerprint density at radius 3 is 2.76 bits per heavy atom. The highest BCUT2D eigenvalue weighted by atomic mass is 35.5. The monoisotopic (exact) mass is 309 g/mol. The highest BCUT2D eigenvalue weighted by Crippen LogP contribution is 2.26.